The molecule has 2 bridgehead atoms. The third-order valence-corrected chi connectivity index (χ3v) is 11.7. The number of carbonyl (C=O) groups is 5. The molecule has 5 heterocycles. The number of carboxylic acids is 1. The first-order valence-electron chi connectivity index (χ1n) is 15.1. The first kappa shape index (κ1) is 29.1. The van der Waals surface area contributed by atoms with Crippen molar-refractivity contribution in [3.8, 4) is 0 Å². The van der Waals surface area contributed by atoms with Crippen LogP contribution in [0.25, 0.3) is 0 Å². The summed E-state index contributed by atoms with van der Waals surface area (Å²) in [7, 11) is 0. The van der Waals surface area contributed by atoms with Crippen molar-refractivity contribution in [1.29, 1.82) is 0 Å². The van der Waals surface area contributed by atoms with Crippen molar-refractivity contribution in [3.05, 3.63) is 11.1 Å². The van der Waals surface area contributed by atoms with Gasteiger partial charge in [0.25, 0.3) is 0 Å². The lowest BCUT2D eigenvalue weighted by atomic mass is 9.60. The Bertz CT molecular complexity index is 1410. The second-order valence-electron chi connectivity index (χ2n) is 14.6. The van der Waals surface area contributed by atoms with E-state index in [-0.39, 0.29) is 31.5 Å². The first-order chi connectivity index (χ1) is 19.9. The molecular formula is C31H38O12. The van der Waals surface area contributed by atoms with Crippen LogP contribution < -0.4 is 0 Å². The number of carboxylic acid groups (broad SMARTS) is 1. The molecule has 43 heavy (non-hydrogen) atoms. The maximum absolute atomic E-state index is 15.1. The minimum atomic E-state index is -2.10. The van der Waals surface area contributed by atoms with Crippen molar-refractivity contribution in [3.63, 3.8) is 0 Å². The SMILES string of the molecule is CC(=O)O[C@H]1CC2=C(C[C@]34CC[C@]5(C)C(=O)[C@@H](C)[C@@H]6[C@H]7OC(=O)[C@](C)(O)[C@H]7O[C@@](O3)(C(=O)[C@H]14)[C@@H]65)[C@@H](CC(=O)O)OC2(C)C. The molecule has 12 atom stereocenters. The Morgan fingerprint density at radius 1 is 1.05 bits per heavy atom. The van der Waals surface area contributed by atoms with Gasteiger partial charge >= 0.3 is 17.9 Å². The van der Waals surface area contributed by atoms with E-state index in [1.165, 1.54) is 13.8 Å². The van der Waals surface area contributed by atoms with Gasteiger partial charge in [0.2, 0.25) is 11.6 Å². The Hall–Kier alpha value is -2.67. The van der Waals surface area contributed by atoms with Crippen LogP contribution >= 0.6 is 0 Å². The summed E-state index contributed by atoms with van der Waals surface area (Å²) in [5.74, 6) is -8.28. The molecule has 0 aromatic carbocycles. The van der Waals surface area contributed by atoms with Gasteiger partial charge in [-0.1, -0.05) is 13.8 Å². The molecule has 234 valence electrons. The van der Waals surface area contributed by atoms with Gasteiger partial charge in [-0.25, -0.2) is 4.79 Å². The van der Waals surface area contributed by atoms with Crippen molar-refractivity contribution in [1.82, 2.24) is 0 Å². The maximum atomic E-state index is 15.1. The van der Waals surface area contributed by atoms with Crippen LogP contribution in [0.3, 0.4) is 0 Å². The predicted molar refractivity (Wildman–Crippen MR) is 142 cm³/mol. The average molecular weight is 603 g/mol. The Morgan fingerprint density at radius 3 is 2.40 bits per heavy atom. The lowest BCUT2D eigenvalue weighted by Crippen LogP contribution is -2.66. The molecule has 0 aromatic heterocycles. The zero-order chi connectivity index (χ0) is 31.2. The molecule has 0 aromatic rings. The monoisotopic (exact) mass is 602 g/mol. The number of ketones is 2. The van der Waals surface area contributed by atoms with E-state index in [9.17, 15) is 29.4 Å². The predicted octanol–water partition coefficient (Wildman–Crippen LogP) is 1.64. The zero-order valence-corrected chi connectivity index (χ0v) is 25.1. The molecule has 2 spiro atoms. The number of ether oxygens (including phenoxy) is 5. The number of aliphatic hydroxyl groups is 1. The molecule has 2 aliphatic carbocycles. The number of hydrogen-bond donors (Lipinski definition) is 2. The molecule has 7 rings (SSSR count). The van der Waals surface area contributed by atoms with Crippen LogP contribution in [0.15, 0.2) is 11.1 Å². The van der Waals surface area contributed by atoms with Gasteiger partial charge in [-0.05, 0) is 44.8 Å². The summed E-state index contributed by atoms with van der Waals surface area (Å²) < 4.78 is 31.3. The van der Waals surface area contributed by atoms with Gasteiger partial charge in [0.15, 0.2) is 5.60 Å². The number of rotatable bonds is 3. The molecule has 5 fully saturated rings. The van der Waals surface area contributed by atoms with Crippen molar-refractivity contribution in [2.45, 2.75) is 121 Å². The van der Waals surface area contributed by atoms with Crippen molar-refractivity contribution >= 4 is 29.5 Å². The summed E-state index contributed by atoms with van der Waals surface area (Å²) in [5, 5.41) is 21.0. The molecule has 12 heteroatoms. The molecule has 0 unspecified atom stereocenters. The summed E-state index contributed by atoms with van der Waals surface area (Å²) in [6, 6.07) is 0. The fraction of sp³-hybridized carbons (Fsp3) is 0.774. The number of aliphatic carboxylic acids is 1. The van der Waals surface area contributed by atoms with Gasteiger partial charge in [0, 0.05) is 42.9 Å². The minimum absolute atomic E-state index is 0.0928. The normalized spacial score (nSPS) is 50.7. The molecule has 0 radical (unpaired) electrons. The average Bonchev–Trinajstić information content (AvgIpc) is 3.35. The van der Waals surface area contributed by atoms with Crippen LogP contribution in [-0.4, -0.2) is 86.7 Å². The Kier molecular flexibility index (Phi) is 5.76. The van der Waals surface area contributed by atoms with Crippen molar-refractivity contribution < 1.29 is 57.9 Å². The molecule has 2 N–H and O–H groups in total. The molecule has 5 aliphatic heterocycles. The van der Waals surface area contributed by atoms with Crippen LogP contribution in [0.1, 0.15) is 73.6 Å². The maximum Gasteiger partial charge on any atom is 0.341 e. The van der Waals surface area contributed by atoms with E-state index in [2.05, 4.69) is 0 Å². The molecule has 0 amide bonds. The lowest BCUT2D eigenvalue weighted by molar-refractivity contribution is -0.336. The van der Waals surface area contributed by atoms with E-state index in [1.54, 1.807) is 13.8 Å². The molecule has 12 nitrogen and oxygen atoms in total. The summed E-state index contributed by atoms with van der Waals surface area (Å²) in [4.78, 5) is 66.3. The van der Waals surface area contributed by atoms with Gasteiger partial charge in [0.1, 0.15) is 24.1 Å². The zero-order valence-electron chi connectivity index (χ0n) is 25.1. The van der Waals surface area contributed by atoms with E-state index in [0.29, 0.717) is 12.0 Å². The second kappa shape index (κ2) is 8.52. The Labute approximate surface area is 248 Å². The van der Waals surface area contributed by atoms with Crippen LogP contribution in [0.2, 0.25) is 0 Å². The number of fused-ring (bicyclic) bond motifs is 2. The van der Waals surface area contributed by atoms with E-state index >= 15 is 4.79 Å². The van der Waals surface area contributed by atoms with E-state index in [4.69, 9.17) is 23.7 Å². The van der Waals surface area contributed by atoms with Crippen LogP contribution in [0, 0.1) is 29.1 Å². The lowest BCUT2D eigenvalue weighted by Gasteiger charge is -2.50. The highest BCUT2D eigenvalue weighted by Crippen LogP contribution is 2.70. The summed E-state index contributed by atoms with van der Waals surface area (Å²) in [6.45, 7) is 9.74. The highest BCUT2D eigenvalue weighted by atomic mass is 16.7. The van der Waals surface area contributed by atoms with Crippen LogP contribution in [-0.2, 0) is 47.7 Å². The van der Waals surface area contributed by atoms with Gasteiger partial charge in [-0.2, -0.15) is 0 Å². The van der Waals surface area contributed by atoms with Crippen molar-refractivity contribution in [2.24, 2.45) is 29.1 Å². The van der Waals surface area contributed by atoms with Crippen molar-refractivity contribution in [2.75, 3.05) is 0 Å². The largest absolute Gasteiger partial charge is 0.481 e. The summed E-state index contributed by atoms with van der Waals surface area (Å²) in [6.07, 6.45) is -3.54. The van der Waals surface area contributed by atoms with E-state index in [0.717, 1.165) is 5.57 Å². The van der Waals surface area contributed by atoms with Gasteiger partial charge < -0.3 is 33.9 Å². The molecular weight excluding hydrogens is 564 g/mol. The number of esters is 2. The Morgan fingerprint density at radius 2 is 1.74 bits per heavy atom. The number of Topliss-reactive ketones (excluding diaryl/α,β-unsaturated/α-hetero) is 2. The highest BCUT2D eigenvalue weighted by Gasteiger charge is 2.83. The first-order valence-corrected chi connectivity index (χ1v) is 15.1. The standard InChI is InChI=1S/C31H38O12/c1-12-19-21-25(29(6,38)26(37)40-21)42-31-22(19)28(5,23(12)35)7-8-30(43-31)11-14-15(27(3,4)41-16(14)10-18(33)34)9-17(39-13(2)32)20(30)24(31)36/h12,16-17,19-22,25,38H,7-11H2,1-6H3,(H,33,34)/t12-,16+,17-,19+,20-,21+,22-,25-,28-,29+,30-,31-/m0/s1. The van der Waals surface area contributed by atoms with E-state index in [1.807, 2.05) is 13.8 Å². The number of carbonyl (C=O) groups excluding carboxylic acids is 4. The second-order valence-corrected chi connectivity index (χ2v) is 14.6. The fourth-order valence-electron chi connectivity index (χ4n) is 10.0. The fourth-order valence-corrected chi connectivity index (χ4v) is 10.0. The third kappa shape index (κ3) is 3.49. The topological polar surface area (TPSA) is 172 Å². The number of hydrogen-bond acceptors (Lipinski definition) is 11. The quantitative estimate of drug-likeness (QED) is 0.354. The minimum Gasteiger partial charge on any atom is -0.481 e. The van der Waals surface area contributed by atoms with Crippen LogP contribution in [0.4, 0.5) is 0 Å². The van der Waals surface area contributed by atoms with Gasteiger partial charge in [-0.3, -0.25) is 19.2 Å². The summed E-state index contributed by atoms with van der Waals surface area (Å²) in [5.41, 5.74) is -3.95. The third-order valence-electron chi connectivity index (χ3n) is 11.7. The van der Waals surface area contributed by atoms with Crippen LogP contribution in [0.5, 0.6) is 0 Å². The van der Waals surface area contributed by atoms with E-state index < -0.39 is 99.8 Å². The Balaban J connectivity index is 1.43. The molecule has 7 aliphatic rings. The summed E-state index contributed by atoms with van der Waals surface area (Å²) >= 11 is 0. The smallest absolute Gasteiger partial charge is 0.341 e. The molecule has 1 saturated carbocycles. The van der Waals surface area contributed by atoms with Gasteiger partial charge in [-0.15, -0.1) is 0 Å². The van der Waals surface area contributed by atoms with Gasteiger partial charge in [0.05, 0.1) is 29.6 Å². The molecule has 4 saturated heterocycles. The highest BCUT2D eigenvalue weighted by molar-refractivity contribution is 5.98.